The highest BCUT2D eigenvalue weighted by molar-refractivity contribution is 5.93. The van der Waals surface area contributed by atoms with Gasteiger partial charge in [-0.25, -0.2) is 0 Å². The lowest BCUT2D eigenvalue weighted by Gasteiger charge is -2.17. The lowest BCUT2D eigenvalue weighted by Crippen LogP contribution is -2.37. The molecule has 0 aliphatic rings. The number of carboxylic acid groups (broad SMARTS) is 1. The smallest absolute Gasteiger partial charge is 0.317 e. The van der Waals surface area contributed by atoms with Gasteiger partial charge in [0, 0.05) is 5.69 Å². The first-order valence-electron chi connectivity index (χ1n) is 6.17. The number of nitrogens with zero attached hydrogens (tertiary/aromatic N) is 1. The molecule has 0 radical (unpaired) electrons. The van der Waals surface area contributed by atoms with Gasteiger partial charge < -0.3 is 10.4 Å². The summed E-state index contributed by atoms with van der Waals surface area (Å²) in [5, 5.41) is 11.5. The van der Waals surface area contributed by atoms with E-state index < -0.39 is 5.97 Å². The minimum atomic E-state index is -1.01. The van der Waals surface area contributed by atoms with Crippen LogP contribution in [0.25, 0.3) is 0 Å². The van der Waals surface area contributed by atoms with Crippen LogP contribution in [0.1, 0.15) is 11.1 Å². The summed E-state index contributed by atoms with van der Waals surface area (Å²) in [5.41, 5.74) is 2.79. The normalized spacial score (nSPS) is 10.1. The molecule has 0 bridgehead atoms. The molecule has 0 spiro atoms. The Kier molecular flexibility index (Phi) is 5.75. The van der Waals surface area contributed by atoms with E-state index >= 15 is 0 Å². The molecule has 0 aliphatic heterocycles. The number of nitrogens with one attached hydrogen (secondary N) is 1. The van der Waals surface area contributed by atoms with Crippen molar-refractivity contribution in [1.82, 2.24) is 4.90 Å². The van der Waals surface area contributed by atoms with Crippen molar-refractivity contribution < 1.29 is 14.7 Å². The predicted molar refractivity (Wildman–Crippen MR) is 77.5 cm³/mol. The molecule has 0 fully saturated rings. The zero-order chi connectivity index (χ0) is 15.1. The summed E-state index contributed by atoms with van der Waals surface area (Å²) >= 11 is 0. The Morgan fingerprint density at radius 3 is 2.60 bits per heavy atom. The fourth-order valence-corrected chi connectivity index (χ4v) is 1.83. The Bertz CT molecular complexity index is 547. The molecule has 106 valence electrons. The second-order valence-electron chi connectivity index (χ2n) is 4.61. The summed E-state index contributed by atoms with van der Waals surface area (Å²) < 4.78 is 0. The highest BCUT2D eigenvalue weighted by atomic mass is 16.4. The van der Waals surface area contributed by atoms with E-state index in [1.165, 1.54) is 4.90 Å². The van der Waals surface area contributed by atoms with Crippen molar-refractivity contribution in [2.24, 2.45) is 0 Å². The molecule has 0 atom stereocenters. The zero-order valence-electron chi connectivity index (χ0n) is 11.6. The van der Waals surface area contributed by atoms with Crippen LogP contribution < -0.4 is 5.32 Å². The minimum absolute atomic E-state index is 0.0518. The monoisotopic (exact) mass is 274 g/mol. The highest BCUT2D eigenvalue weighted by Gasteiger charge is 2.13. The maximum atomic E-state index is 11.9. The molecule has 5 heteroatoms. The predicted octanol–water partition coefficient (Wildman–Crippen LogP) is 1.26. The molecule has 1 amide bonds. The summed E-state index contributed by atoms with van der Waals surface area (Å²) in [6.45, 7) is 3.68. The van der Waals surface area contributed by atoms with Gasteiger partial charge in [0.2, 0.25) is 5.91 Å². The Morgan fingerprint density at radius 1 is 1.35 bits per heavy atom. The van der Waals surface area contributed by atoms with Gasteiger partial charge in [-0.15, -0.1) is 6.42 Å². The average Bonchev–Trinajstić information content (AvgIpc) is 2.32. The van der Waals surface area contributed by atoms with Crippen molar-refractivity contribution >= 4 is 17.6 Å². The van der Waals surface area contributed by atoms with Crippen LogP contribution >= 0.6 is 0 Å². The van der Waals surface area contributed by atoms with E-state index in [-0.39, 0.29) is 25.5 Å². The number of anilines is 1. The third-order valence-electron chi connectivity index (χ3n) is 2.70. The van der Waals surface area contributed by atoms with Crippen molar-refractivity contribution in [3.63, 3.8) is 0 Å². The number of carbonyl (C=O) groups excluding carboxylic acids is 1. The number of aryl methyl sites for hydroxylation is 2. The third-order valence-corrected chi connectivity index (χ3v) is 2.70. The van der Waals surface area contributed by atoms with Gasteiger partial charge in [-0.2, -0.15) is 0 Å². The first-order chi connectivity index (χ1) is 9.42. The van der Waals surface area contributed by atoms with Crippen molar-refractivity contribution in [2.75, 3.05) is 25.0 Å². The number of benzene rings is 1. The molecule has 2 N–H and O–H groups in total. The van der Waals surface area contributed by atoms with Crippen molar-refractivity contribution in [1.29, 1.82) is 0 Å². The largest absolute Gasteiger partial charge is 0.480 e. The standard InChI is InChI=1S/C15H18N2O3/c1-4-7-17(10-15(19)20)9-14(18)16-13-6-5-11(2)8-12(13)3/h1,5-6,8H,7,9-10H2,2-3H3,(H,16,18)(H,19,20). The fourth-order valence-electron chi connectivity index (χ4n) is 1.83. The van der Waals surface area contributed by atoms with Gasteiger partial charge in [-0.1, -0.05) is 23.6 Å². The van der Waals surface area contributed by atoms with Crippen molar-refractivity contribution in [2.45, 2.75) is 13.8 Å². The molecule has 0 unspecified atom stereocenters. The van der Waals surface area contributed by atoms with Gasteiger partial charge in [0.15, 0.2) is 0 Å². The highest BCUT2D eigenvalue weighted by Crippen LogP contribution is 2.15. The number of hydrogen-bond donors (Lipinski definition) is 2. The second-order valence-corrected chi connectivity index (χ2v) is 4.61. The van der Waals surface area contributed by atoms with Gasteiger partial charge in [-0.05, 0) is 25.5 Å². The van der Waals surface area contributed by atoms with E-state index in [1.54, 1.807) is 0 Å². The Balaban J connectivity index is 2.65. The van der Waals surface area contributed by atoms with Gasteiger partial charge in [0.05, 0.1) is 19.6 Å². The van der Waals surface area contributed by atoms with Gasteiger partial charge in [0.1, 0.15) is 0 Å². The van der Waals surface area contributed by atoms with E-state index in [4.69, 9.17) is 11.5 Å². The van der Waals surface area contributed by atoms with Gasteiger partial charge in [-0.3, -0.25) is 14.5 Å². The first-order valence-corrected chi connectivity index (χ1v) is 6.17. The average molecular weight is 274 g/mol. The number of amides is 1. The molecule has 0 aromatic heterocycles. The lowest BCUT2D eigenvalue weighted by molar-refractivity contribution is -0.138. The zero-order valence-corrected chi connectivity index (χ0v) is 11.6. The van der Waals surface area contributed by atoms with Gasteiger partial charge >= 0.3 is 5.97 Å². The number of hydrogen-bond acceptors (Lipinski definition) is 3. The van der Waals surface area contributed by atoms with E-state index in [1.807, 2.05) is 32.0 Å². The number of carbonyl (C=O) groups is 2. The summed E-state index contributed by atoms with van der Waals surface area (Å²) in [7, 11) is 0. The molecule has 0 saturated heterocycles. The maximum absolute atomic E-state index is 11.9. The summed E-state index contributed by atoms with van der Waals surface area (Å²) in [4.78, 5) is 24.0. The maximum Gasteiger partial charge on any atom is 0.317 e. The van der Waals surface area contributed by atoms with Crippen LogP contribution in [-0.2, 0) is 9.59 Å². The Hall–Kier alpha value is -2.32. The van der Waals surface area contributed by atoms with Crippen LogP contribution in [0.3, 0.4) is 0 Å². The minimum Gasteiger partial charge on any atom is -0.480 e. The fraction of sp³-hybridized carbons (Fsp3) is 0.333. The second kappa shape index (κ2) is 7.31. The summed E-state index contributed by atoms with van der Waals surface area (Å²) in [6.07, 6.45) is 5.16. The molecule has 0 heterocycles. The van der Waals surface area contributed by atoms with Gasteiger partial charge in [0.25, 0.3) is 0 Å². The SMILES string of the molecule is C#CCN(CC(=O)O)CC(=O)Nc1ccc(C)cc1C. The van der Waals surface area contributed by atoms with E-state index in [0.29, 0.717) is 0 Å². The number of aliphatic carboxylic acids is 1. The number of terminal acetylenes is 1. The Labute approximate surface area is 118 Å². The van der Waals surface area contributed by atoms with Crippen LogP contribution in [0.2, 0.25) is 0 Å². The molecule has 0 saturated carbocycles. The Morgan fingerprint density at radius 2 is 2.05 bits per heavy atom. The van der Waals surface area contributed by atoms with Crippen LogP contribution in [0.4, 0.5) is 5.69 Å². The topological polar surface area (TPSA) is 69.6 Å². The van der Waals surface area contributed by atoms with Crippen LogP contribution in [0.15, 0.2) is 18.2 Å². The van der Waals surface area contributed by atoms with Crippen LogP contribution in [-0.4, -0.2) is 41.5 Å². The van der Waals surface area contributed by atoms with Crippen LogP contribution in [0.5, 0.6) is 0 Å². The third kappa shape index (κ3) is 5.12. The molecule has 1 aromatic carbocycles. The quantitative estimate of drug-likeness (QED) is 0.766. The summed E-state index contributed by atoms with van der Waals surface area (Å²) in [6, 6.07) is 5.69. The molecule has 0 aliphatic carbocycles. The van der Waals surface area contributed by atoms with Crippen molar-refractivity contribution in [3.8, 4) is 12.3 Å². The molecular weight excluding hydrogens is 256 g/mol. The van der Waals surface area contributed by atoms with Crippen LogP contribution in [0, 0.1) is 26.2 Å². The van der Waals surface area contributed by atoms with E-state index in [2.05, 4.69) is 11.2 Å². The molecular formula is C15H18N2O3. The lowest BCUT2D eigenvalue weighted by atomic mass is 10.1. The van der Waals surface area contributed by atoms with E-state index in [9.17, 15) is 9.59 Å². The molecule has 20 heavy (non-hydrogen) atoms. The molecule has 1 rings (SSSR count). The van der Waals surface area contributed by atoms with Crippen molar-refractivity contribution in [3.05, 3.63) is 29.3 Å². The van der Waals surface area contributed by atoms with E-state index in [0.717, 1.165) is 16.8 Å². The molecule has 1 aromatic rings. The number of carboxylic acids is 1. The number of rotatable bonds is 6. The summed E-state index contributed by atoms with van der Waals surface area (Å²) in [5.74, 6) is 1.05. The molecule has 5 nitrogen and oxygen atoms in total. The first kappa shape index (κ1) is 15.7.